The second-order valence-corrected chi connectivity index (χ2v) is 5.78. The number of rotatable bonds is 9. The van der Waals surface area contributed by atoms with E-state index in [0.29, 0.717) is 17.9 Å². The normalized spacial score (nSPS) is 11.0. The number of alkyl halides is 2. The first-order chi connectivity index (χ1) is 14.0. The van der Waals surface area contributed by atoms with Crippen molar-refractivity contribution in [2.24, 2.45) is 0 Å². The molecule has 8 heteroatoms. The smallest absolute Gasteiger partial charge is 0.387 e. The van der Waals surface area contributed by atoms with Gasteiger partial charge in [0, 0.05) is 12.1 Å². The number of hydrogen-bond acceptors (Lipinski definition) is 5. The van der Waals surface area contributed by atoms with E-state index in [2.05, 4.69) is 10.1 Å². The van der Waals surface area contributed by atoms with Crippen LogP contribution in [0.3, 0.4) is 0 Å². The predicted molar refractivity (Wildman–Crippen MR) is 103 cm³/mol. The summed E-state index contributed by atoms with van der Waals surface area (Å²) in [5.41, 5.74) is 0.892. The summed E-state index contributed by atoms with van der Waals surface area (Å²) < 4.78 is 39.8. The molecule has 0 fully saturated rings. The van der Waals surface area contributed by atoms with Crippen molar-refractivity contribution in [2.45, 2.75) is 13.0 Å². The van der Waals surface area contributed by atoms with Crippen LogP contribution >= 0.6 is 0 Å². The first-order valence-corrected chi connectivity index (χ1v) is 8.63. The third-order valence-corrected chi connectivity index (χ3v) is 3.95. The minimum absolute atomic E-state index is 0.117. The summed E-state index contributed by atoms with van der Waals surface area (Å²) in [4.78, 5) is 12.3. The minimum atomic E-state index is -3.01. The molecule has 0 saturated carbocycles. The molecule has 29 heavy (non-hydrogen) atoms. The zero-order valence-corrected chi connectivity index (χ0v) is 15.9. The second kappa shape index (κ2) is 10.7. The average molecular weight is 402 g/mol. The molecule has 1 amide bonds. The average Bonchev–Trinajstić information content (AvgIpc) is 2.72. The van der Waals surface area contributed by atoms with Crippen LogP contribution in [0.15, 0.2) is 48.0 Å². The van der Waals surface area contributed by atoms with Gasteiger partial charge in [0.05, 0.1) is 14.2 Å². The van der Waals surface area contributed by atoms with Gasteiger partial charge in [-0.2, -0.15) is 14.0 Å². The molecule has 0 bridgehead atoms. The Morgan fingerprint density at radius 2 is 1.86 bits per heavy atom. The molecule has 2 rings (SSSR count). The molecule has 0 radical (unpaired) electrons. The van der Waals surface area contributed by atoms with Crippen LogP contribution in [0.25, 0.3) is 6.08 Å². The Morgan fingerprint density at radius 1 is 1.14 bits per heavy atom. The van der Waals surface area contributed by atoms with Crippen LogP contribution < -0.4 is 19.5 Å². The molecule has 1 N–H and O–H groups in total. The van der Waals surface area contributed by atoms with Gasteiger partial charge in [0.25, 0.3) is 5.91 Å². The van der Waals surface area contributed by atoms with Crippen LogP contribution in [0, 0.1) is 11.3 Å². The van der Waals surface area contributed by atoms with Crippen molar-refractivity contribution in [1.82, 2.24) is 5.32 Å². The number of benzene rings is 2. The van der Waals surface area contributed by atoms with E-state index in [9.17, 15) is 18.8 Å². The number of nitrogens with zero attached hydrogens (tertiary/aromatic N) is 1. The molecule has 6 nitrogen and oxygen atoms in total. The van der Waals surface area contributed by atoms with Crippen LogP contribution in [0.4, 0.5) is 8.78 Å². The fourth-order valence-electron chi connectivity index (χ4n) is 2.56. The van der Waals surface area contributed by atoms with Gasteiger partial charge in [-0.3, -0.25) is 4.79 Å². The van der Waals surface area contributed by atoms with Gasteiger partial charge in [-0.05, 0) is 36.3 Å². The van der Waals surface area contributed by atoms with E-state index in [0.717, 1.165) is 5.56 Å². The molecule has 0 unspecified atom stereocenters. The van der Waals surface area contributed by atoms with E-state index in [4.69, 9.17) is 9.47 Å². The number of carbonyl (C=O) groups is 1. The van der Waals surface area contributed by atoms with Crippen molar-refractivity contribution < 1.29 is 27.8 Å². The van der Waals surface area contributed by atoms with E-state index in [1.807, 2.05) is 6.07 Å². The van der Waals surface area contributed by atoms with E-state index in [-0.39, 0.29) is 23.4 Å². The molecule has 0 atom stereocenters. The standard InChI is InChI=1S/C21H20F2N2O4/c1-27-18-8-7-14(11-19(18)28-2)9-10-25-20(26)16(13-24)12-15-5-3-4-6-17(15)29-21(22)23/h3-8,11-12,21H,9-10H2,1-2H3,(H,25,26)/b16-12+. The maximum absolute atomic E-state index is 12.5. The number of carbonyl (C=O) groups excluding carboxylic acids is 1. The lowest BCUT2D eigenvalue weighted by atomic mass is 10.1. The zero-order chi connectivity index (χ0) is 21.2. The molecule has 152 valence electrons. The molecule has 2 aromatic rings. The maximum atomic E-state index is 12.5. The van der Waals surface area contributed by atoms with Gasteiger partial charge in [-0.1, -0.05) is 24.3 Å². The topological polar surface area (TPSA) is 80.6 Å². The molecular formula is C21H20F2N2O4. The highest BCUT2D eigenvalue weighted by Crippen LogP contribution is 2.27. The monoisotopic (exact) mass is 402 g/mol. The van der Waals surface area contributed by atoms with Crippen molar-refractivity contribution in [2.75, 3.05) is 20.8 Å². The molecule has 0 aromatic heterocycles. The minimum Gasteiger partial charge on any atom is -0.493 e. The molecule has 0 aliphatic heterocycles. The van der Waals surface area contributed by atoms with Gasteiger partial charge >= 0.3 is 6.61 Å². The summed E-state index contributed by atoms with van der Waals surface area (Å²) in [5, 5.41) is 11.9. The third-order valence-electron chi connectivity index (χ3n) is 3.95. The summed E-state index contributed by atoms with van der Waals surface area (Å²) in [5.74, 6) is 0.442. The molecule has 0 spiro atoms. The Kier molecular flexibility index (Phi) is 7.98. The van der Waals surface area contributed by atoms with E-state index >= 15 is 0 Å². The van der Waals surface area contributed by atoms with E-state index in [1.165, 1.54) is 38.5 Å². The van der Waals surface area contributed by atoms with Crippen molar-refractivity contribution in [3.8, 4) is 23.3 Å². The Labute approximate surface area is 167 Å². The van der Waals surface area contributed by atoms with Crippen molar-refractivity contribution in [1.29, 1.82) is 5.26 Å². The lowest BCUT2D eigenvalue weighted by molar-refractivity contribution is -0.117. The van der Waals surface area contributed by atoms with Gasteiger partial charge in [0.15, 0.2) is 11.5 Å². The Hall–Kier alpha value is -3.60. The molecule has 2 aromatic carbocycles. The van der Waals surface area contributed by atoms with Gasteiger partial charge in [-0.25, -0.2) is 0 Å². The molecule has 0 saturated heterocycles. The zero-order valence-electron chi connectivity index (χ0n) is 15.9. The number of amides is 1. The highest BCUT2D eigenvalue weighted by atomic mass is 19.3. The van der Waals surface area contributed by atoms with Crippen LogP contribution in [0.1, 0.15) is 11.1 Å². The molecule has 0 heterocycles. The van der Waals surface area contributed by atoms with Gasteiger partial charge < -0.3 is 19.5 Å². The lowest BCUT2D eigenvalue weighted by Gasteiger charge is -2.10. The number of ether oxygens (including phenoxy) is 3. The number of nitrogens with one attached hydrogen (secondary N) is 1. The SMILES string of the molecule is COc1ccc(CCNC(=O)/C(C#N)=C/c2ccccc2OC(F)F)cc1OC. The number of hydrogen-bond donors (Lipinski definition) is 1. The van der Waals surface area contributed by atoms with E-state index in [1.54, 1.807) is 24.3 Å². The summed E-state index contributed by atoms with van der Waals surface area (Å²) in [6.45, 7) is -2.74. The lowest BCUT2D eigenvalue weighted by Crippen LogP contribution is -2.26. The maximum Gasteiger partial charge on any atom is 0.387 e. The number of para-hydroxylation sites is 1. The first kappa shape index (κ1) is 21.7. The number of nitriles is 1. The molecule has 0 aliphatic rings. The van der Waals surface area contributed by atoms with Crippen LogP contribution in [0.5, 0.6) is 17.2 Å². The summed E-state index contributed by atoms with van der Waals surface area (Å²) >= 11 is 0. The van der Waals surface area contributed by atoms with Crippen LogP contribution in [-0.4, -0.2) is 33.3 Å². The largest absolute Gasteiger partial charge is 0.493 e. The van der Waals surface area contributed by atoms with Crippen molar-refractivity contribution in [3.05, 3.63) is 59.2 Å². The highest BCUT2D eigenvalue weighted by Gasteiger charge is 2.13. The van der Waals surface area contributed by atoms with Crippen molar-refractivity contribution in [3.63, 3.8) is 0 Å². The third kappa shape index (κ3) is 6.21. The Morgan fingerprint density at radius 3 is 2.52 bits per heavy atom. The summed E-state index contributed by atoms with van der Waals surface area (Å²) in [6.07, 6.45) is 1.71. The first-order valence-electron chi connectivity index (χ1n) is 8.63. The van der Waals surface area contributed by atoms with Crippen LogP contribution in [-0.2, 0) is 11.2 Å². The summed E-state index contributed by atoms with van der Waals surface area (Å²) in [7, 11) is 3.07. The second-order valence-electron chi connectivity index (χ2n) is 5.78. The fourth-order valence-corrected chi connectivity index (χ4v) is 2.56. The van der Waals surface area contributed by atoms with Gasteiger partial charge in [-0.15, -0.1) is 0 Å². The fraction of sp³-hybridized carbons (Fsp3) is 0.238. The quantitative estimate of drug-likeness (QED) is 0.512. The van der Waals surface area contributed by atoms with Crippen LogP contribution in [0.2, 0.25) is 0 Å². The predicted octanol–water partition coefficient (Wildman–Crippen LogP) is 3.57. The van der Waals surface area contributed by atoms with Gasteiger partial charge in [0.2, 0.25) is 0 Å². The summed E-state index contributed by atoms with van der Waals surface area (Å²) in [6, 6.07) is 13.1. The number of halogens is 2. The highest BCUT2D eigenvalue weighted by molar-refractivity contribution is 6.01. The molecular weight excluding hydrogens is 382 g/mol. The van der Waals surface area contributed by atoms with Crippen molar-refractivity contribution >= 4 is 12.0 Å². The Balaban J connectivity index is 2.04. The Bertz CT molecular complexity index is 923. The van der Waals surface area contributed by atoms with Gasteiger partial charge in [0.1, 0.15) is 17.4 Å². The van der Waals surface area contributed by atoms with E-state index < -0.39 is 12.5 Å². The number of methoxy groups -OCH3 is 2. The molecule has 0 aliphatic carbocycles.